The van der Waals surface area contributed by atoms with Crippen LogP contribution < -0.4 is 5.32 Å². The fourth-order valence-electron chi connectivity index (χ4n) is 1.12. The molecule has 2 aromatic rings. The molecular weight excluding hydrogens is 279 g/mol. The van der Waals surface area contributed by atoms with Gasteiger partial charge in [0.1, 0.15) is 5.82 Å². The zero-order chi connectivity index (χ0) is 10.7. The highest BCUT2D eigenvalue weighted by atomic mass is 79.9. The highest BCUT2D eigenvalue weighted by molar-refractivity contribution is 9.10. The second kappa shape index (κ2) is 4.68. The Morgan fingerprint density at radius 1 is 1.53 bits per heavy atom. The second-order valence-electron chi connectivity index (χ2n) is 2.97. The minimum atomic E-state index is 0.591. The Hall–Kier alpha value is -1.00. The van der Waals surface area contributed by atoms with E-state index in [1.54, 1.807) is 24.8 Å². The van der Waals surface area contributed by atoms with Gasteiger partial charge >= 0.3 is 0 Å². The summed E-state index contributed by atoms with van der Waals surface area (Å²) < 4.78 is 5.81. The number of pyridine rings is 1. The molecule has 0 saturated heterocycles. The number of nitrogens with zero attached hydrogens (tertiary/aromatic N) is 1. The first kappa shape index (κ1) is 10.5. The fourth-order valence-corrected chi connectivity index (χ4v) is 1.82. The molecule has 0 radical (unpaired) electrons. The van der Waals surface area contributed by atoms with Crippen LogP contribution in [0, 0.1) is 0 Å². The molecule has 0 amide bonds. The maximum absolute atomic E-state index is 5.99. The maximum atomic E-state index is 5.99. The Morgan fingerprint density at radius 3 is 3.07 bits per heavy atom. The summed E-state index contributed by atoms with van der Waals surface area (Å²) in [5.74, 6) is 0.668. The van der Waals surface area contributed by atoms with E-state index in [9.17, 15) is 0 Å². The van der Waals surface area contributed by atoms with Crippen LogP contribution in [0.5, 0.6) is 0 Å². The smallest absolute Gasteiger partial charge is 0.145 e. The normalized spacial score (nSPS) is 10.3. The second-order valence-corrected chi connectivity index (χ2v) is 4.29. The summed E-state index contributed by atoms with van der Waals surface area (Å²) in [6.07, 6.45) is 5.01. The molecule has 2 heterocycles. The van der Waals surface area contributed by atoms with Gasteiger partial charge in [-0.15, -0.1) is 0 Å². The first-order valence-corrected chi connectivity index (χ1v) is 5.49. The van der Waals surface area contributed by atoms with Crippen molar-refractivity contribution in [2.75, 3.05) is 5.32 Å². The average molecular weight is 288 g/mol. The molecule has 3 nitrogen and oxygen atoms in total. The molecule has 2 rings (SSSR count). The van der Waals surface area contributed by atoms with E-state index in [1.807, 2.05) is 6.07 Å². The van der Waals surface area contributed by atoms with Crippen molar-refractivity contribution in [1.29, 1.82) is 0 Å². The number of aromatic nitrogens is 1. The standard InChI is InChI=1S/C10H8BrClN2O/c11-8-3-9(12)10(14-5-8)13-4-7-1-2-15-6-7/h1-3,5-6H,4H2,(H,13,14). The Morgan fingerprint density at radius 2 is 2.40 bits per heavy atom. The molecule has 78 valence electrons. The molecule has 1 N–H and O–H groups in total. The van der Waals surface area contributed by atoms with E-state index >= 15 is 0 Å². The topological polar surface area (TPSA) is 38.1 Å². The number of anilines is 1. The zero-order valence-electron chi connectivity index (χ0n) is 7.71. The van der Waals surface area contributed by atoms with Crippen molar-refractivity contribution in [2.24, 2.45) is 0 Å². The summed E-state index contributed by atoms with van der Waals surface area (Å²) in [7, 11) is 0. The molecule has 0 spiro atoms. The van der Waals surface area contributed by atoms with E-state index in [-0.39, 0.29) is 0 Å². The van der Waals surface area contributed by atoms with Crippen molar-refractivity contribution in [3.05, 3.63) is 45.9 Å². The van der Waals surface area contributed by atoms with E-state index in [1.165, 1.54) is 0 Å². The molecule has 0 atom stereocenters. The summed E-state index contributed by atoms with van der Waals surface area (Å²) in [6, 6.07) is 3.69. The summed E-state index contributed by atoms with van der Waals surface area (Å²) in [5, 5.41) is 3.71. The van der Waals surface area contributed by atoms with Gasteiger partial charge in [-0.1, -0.05) is 11.6 Å². The van der Waals surface area contributed by atoms with E-state index in [2.05, 4.69) is 26.2 Å². The monoisotopic (exact) mass is 286 g/mol. The lowest BCUT2D eigenvalue weighted by Crippen LogP contribution is -2.00. The van der Waals surface area contributed by atoms with Gasteiger partial charge in [-0.25, -0.2) is 4.98 Å². The quantitative estimate of drug-likeness (QED) is 0.935. The molecule has 0 aliphatic heterocycles. The lowest BCUT2D eigenvalue weighted by atomic mass is 10.3. The molecule has 0 aliphatic rings. The molecule has 0 unspecified atom stereocenters. The predicted octanol–water partition coefficient (Wildman–Crippen LogP) is 3.70. The molecule has 0 aliphatic carbocycles. The van der Waals surface area contributed by atoms with Gasteiger partial charge in [-0.2, -0.15) is 0 Å². The van der Waals surface area contributed by atoms with Crippen LogP contribution in [0.1, 0.15) is 5.56 Å². The van der Waals surface area contributed by atoms with Crippen molar-refractivity contribution in [3.8, 4) is 0 Å². The predicted molar refractivity (Wildman–Crippen MR) is 63.0 cm³/mol. The van der Waals surface area contributed by atoms with Crippen LogP contribution in [0.2, 0.25) is 5.02 Å². The number of furan rings is 1. The third-order valence-electron chi connectivity index (χ3n) is 1.85. The number of nitrogens with one attached hydrogen (secondary N) is 1. The summed E-state index contributed by atoms with van der Waals surface area (Å²) >= 11 is 9.29. The Kier molecular flexibility index (Phi) is 3.28. The van der Waals surface area contributed by atoms with Gasteiger partial charge in [-0.3, -0.25) is 0 Å². The Bertz CT molecular complexity index is 445. The van der Waals surface area contributed by atoms with Crippen molar-refractivity contribution in [1.82, 2.24) is 4.98 Å². The van der Waals surface area contributed by atoms with Gasteiger partial charge < -0.3 is 9.73 Å². The summed E-state index contributed by atoms with van der Waals surface area (Å²) in [5.41, 5.74) is 1.05. The lowest BCUT2D eigenvalue weighted by molar-refractivity contribution is 0.564. The van der Waals surface area contributed by atoms with Crippen LogP contribution in [0.25, 0.3) is 0 Å². The van der Waals surface area contributed by atoms with Gasteiger partial charge in [0.05, 0.1) is 17.5 Å². The van der Waals surface area contributed by atoms with Gasteiger partial charge in [-0.05, 0) is 28.1 Å². The molecule has 0 aromatic carbocycles. The summed E-state index contributed by atoms with van der Waals surface area (Å²) in [4.78, 5) is 4.16. The van der Waals surface area contributed by atoms with E-state index in [4.69, 9.17) is 16.0 Å². The van der Waals surface area contributed by atoms with Gasteiger partial charge in [0, 0.05) is 22.8 Å². The highest BCUT2D eigenvalue weighted by Gasteiger charge is 2.02. The molecule has 5 heteroatoms. The number of rotatable bonds is 3. The van der Waals surface area contributed by atoms with Crippen LogP contribution in [-0.4, -0.2) is 4.98 Å². The molecule has 0 fully saturated rings. The SMILES string of the molecule is Clc1cc(Br)cnc1NCc1ccoc1. The van der Waals surface area contributed by atoms with Crippen molar-refractivity contribution >= 4 is 33.3 Å². The van der Waals surface area contributed by atoms with Crippen LogP contribution in [0.4, 0.5) is 5.82 Å². The van der Waals surface area contributed by atoms with Crippen LogP contribution >= 0.6 is 27.5 Å². The molecule has 2 aromatic heterocycles. The van der Waals surface area contributed by atoms with Crippen molar-refractivity contribution < 1.29 is 4.42 Å². The van der Waals surface area contributed by atoms with Crippen molar-refractivity contribution in [2.45, 2.75) is 6.54 Å². The highest BCUT2D eigenvalue weighted by Crippen LogP contribution is 2.23. The van der Waals surface area contributed by atoms with Crippen LogP contribution in [0.3, 0.4) is 0 Å². The molecular formula is C10H8BrClN2O. The third-order valence-corrected chi connectivity index (χ3v) is 2.57. The van der Waals surface area contributed by atoms with Gasteiger partial charge in [0.15, 0.2) is 0 Å². The minimum Gasteiger partial charge on any atom is -0.472 e. The van der Waals surface area contributed by atoms with Crippen LogP contribution in [0.15, 0.2) is 39.7 Å². The largest absolute Gasteiger partial charge is 0.472 e. The number of hydrogen-bond donors (Lipinski definition) is 1. The van der Waals surface area contributed by atoms with Crippen molar-refractivity contribution in [3.63, 3.8) is 0 Å². The fraction of sp³-hybridized carbons (Fsp3) is 0.100. The number of hydrogen-bond acceptors (Lipinski definition) is 3. The average Bonchev–Trinajstić information content (AvgIpc) is 2.69. The van der Waals surface area contributed by atoms with Crippen LogP contribution in [-0.2, 0) is 6.54 Å². The number of halogens is 2. The molecule has 0 saturated carbocycles. The first-order valence-electron chi connectivity index (χ1n) is 4.31. The summed E-state index contributed by atoms with van der Waals surface area (Å²) in [6.45, 7) is 0.644. The van der Waals surface area contributed by atoms with E-state index < -0.39 is 0 Å². The van der Waals surface area contributed by atoms with Gasteiger partial charge in [0.25, 0.3) is 0 Å². The van der Waals surface area contributed by atoms with E-state index in [0.29, 0.717) is 17.4 Å². The van der Waals surface area contributed by atoms with Gasteiger partial charge in [0.2, 0.25) is 0 Å². The third kappa shape index (κ3) is 2.73. The van der Waals surface area contributed by atoms with E-state index in [0.717, 1.165) is 10.0 Å². The maximum Gasteiger partial charge on any atom is 0.145 e. The Balaban J connectivity index is 2.05. The first-order chi connectivity index (χ1) is 7.25. The molecule has 15 heavy (non-hydrogen) atoms. The molecule has 0 bridgehead atoms. The lowest BCUT2D eigenvalue weighted by Gasteiger charge is -2.05. The zero-order valence-corrected chi connectivity index (χ0v) is 10.0. The minimum absolute atomic E-state index is 0.591. The Labute approximate surface area is 101 Å².